The molecule has 1 aromatic heterocycles. The van der Waals surface area contributed by atoms with Crippen molar-refractivity contribution in [1.82, 2.24) is 4.57 Å². The van der Waals surface area contributed by atoms with E-state index in [-0.39, 0.29) is 5.91 Å². The Labute approximate surface area is 157 Å². The minimum absolute atomic E-state index is 0.0825. The first-order valence-corrected chi connectivity index (χ1v) is 9.61. The van der Waals surface area contributed by atoms with E-state index in [1.54, 1.807) is 18.4 Å². The highest BCUT2D eigenvalue weighted by molar-refractivity contribution is 7.16. The maximum absolute atomic E-state index is 12.4. The lowest BCUT2D eigenvalue weighted by Crippen LogP contribution is -2.19. The number of fused-ring (bicyclic) bond motifs is 1. The molecule has 0 saturated carbocycles. The summed E-state index contributed by atoms with van der Waals surface area (Å²) in [4.78, 5) is 17.6. The molecule has 0 atom stereocenters. The number of amides is 1. The Morgan fingerprint density at radius 1 is 1.19 bits per heavy atom. The van der Waals surface area contributed by atoms with Crippen LogP contribution in [0.15, 0.2) is 47.5 Å². The molecule has 0 bridgehead atoms. The van der Waals surface area contributed by atoms with Gasteiger partial charge in [-0.15, -0.1) is 0 Å². The van der Waals surface area contributed by atoms with E-state index in [0.717, 1.165) is 15.9 Å². The second-order valence-corrected chi connectivity index (χ2v) is 7.43. The molecule has 5 heteroatoms. The largest absolute Gasteiger partial charge is 0.383 e. The molecule has 1 heterocycles. The summed E-state index contributed by atoms with van der Waals surface area (Å²) in [5.74, 6) is -0.0825. The minimum atomic E-state index is -0.0825. The zero-order valence-corrected chi connectivity index (χ0v) is 16.3. The maximum atomic E-state index is 12.4. The Morgan fingerprint density at radius 3 is 2.69 bits per heavy atom. The van der Waals surface area contributed by atoms with Gasteiger partial charge in [-0.05, 0) is 43.0 Å². The van der Waals surface area contributed by atoms with Gasteiger partial charge in [0.1, 0.15) is 0 Å². The Balaban J connectivity index is 1.93. The SMILES string of the molecule is COCCn1c(=NC(=O)CCc2ccccc2)sc2c(C)cc(C)cc21. The number of aryl methyl sites for hydroxylation is 3. The molecule has 0 aliphatic rings. The third-order valence-electron chi connectivity index (χ3n) is 4.32. The first kappa shape index (κ1) is 18.5. The quantitative estimate of drug-likeness (QED) is 0.659. The number of hydrogen-bond acceptors (Lipinski definition) is 3. The fourth-order valence-electron chi connectivity index (χ4n) is 3.06. The summed E-state index contributed by atoms with van der Waals surface area (Å²) < 4.78 is 8.53. The van der Waals surface area contributed by atoms with Crippen molar-refractivity contribution in [3.63, 3.8) is 0 Å². The van der Waals surface area contributed by atoms with Gasteiger partial charge in [-0.3, -0.25) is 4.79 Å². The summed E-state index contributed by atoms with van der Waals surface area (Å²) in [6.07, 6.45) is 1.13. The molecule has 3 aromatic rings. The van der Waals surface area contributed by atoms with Crippen LogP contribution in [0.2, 0.25) is 0 Å². The predicted octanol–water partition coefficient (Wildman–Crippen LogP) is 4.03. The van der Waals surface area contributed by atoms with Crippen LogP contribution >= 0.6 is 11.3 Å². The summed E-state index contributed by atoms with van der Waals surface area (Å²) in [6, 6.07) is 14.4. The highest BCUT2D eigenvalue weighted by atomic mass is 32.1. The van der Waals surface area contributed by atoms with Crippen molar-refractivity contribution in [2.75, 3.05) is 13.7 Å². The standard InChI is InChI=1S/C21H24N2O2S/c1-15-13-16(2)20-18(14-15)23(11-12-25-3)21(26-20)22-19(24)10-9-17-7-5-4-6-8-17/h4-8,13-14H,9-12H2,1-3H3. The molecule has 0 aliphatic carbocycles. The molecular weight excluding hydrogens is 344 g/mol. The third-order valence-corrected chi connectivity index (χ3v) is 5.55. The lowest BCUT2D eigenvalue weighted by molar-refractivity contribution is -0.118. The molecule has 4 nitrogen and oxygen atoms in total. The van der Waals surface area contributed by atoms with Crippen LogP contribution < -0.4 is 4.80 Å². The van der Waals surface area contributed by atoms with Crippen LogP contribution in [0.5, 0.6) is 0 Å². The lowest BCUT2D eigenvalue weighted by atomic mass is 10.1. The van der Waals surface area contributed by atoms with Crippen molar-refractivity contribution >= 4 is 27.5 Å². The molecule has 26 heavy (non-hydrogen) atoms. The number of ether oxygens (including phenoxy) is 1. The van der Waals surface area contributed by atoms with Gasteiger partial charge in [0, 0.05) is 20.1 Å². The minimum Gasteiger partial charge on any atom is -0.383 e. The monoisotopic (exact) mass is 368 g/mol. The summed E-state index contributed by atoms with van der Waals surface area (Å²) in [7, 11) is 1.69. The van der Waals surface area contributed by atoms with Gasteiger partial charge in [-0.2, -0.15) is 4.99 Å². The molecule has 0 saturated heterocycles. The lowest BCUT2D eigenvalue weighted by Gasteiger charge is -2.06. The number of carbonyl (C=O) groups is 1. The molecule has 136 valence electrons. The molecule has 0 radical (unpaired) electrons. The van der Waals surface area contributed by atoms with Crippen molar-refractivity contribution in [3.05, 3.63) is 64.0 Å². The molecular formula is C21H24N2O2S. The number of thiazole rings is 1. The highest BCUT2D eigenvalue weighted by Crippen LogP contribution is 2.23. The number of methoxy groups -OCH3 is 1. The van der Waals surface area contributed by atoms with Crippen LogP contribution in [-0.4, -0.2) is 24.2 Å². The van der Waals surface area contributed by atoms with Crippen LogP contribution in [0.25, 0.3) is 10.2 Å². The summed E-state index contributed by atoms with van der Waals surface area (Å²) in [6.45, 7) is 5.47. The average Bonchev–Trinajstić information content (AvgIpc) is 2.96. The van der Waals surface area contributed by atoms with E-state index in [1.807, 2.05) is 30.3 Å². The molecule has 0 N–H and O–H groups in total. The Kier molecular flexibility index (Phi) is 6.01. The fraction of sp³-hybridized carbons (Fsp3) is 0.333. The first-order valence-electron chi connectivity index (χ1n) is 8.79. The Morgan fingerprint density at radius 2 is 1.96 bits per heavy atom. The number of carbonyl (C=O) groups excluding carboxylic acids is 1. The summed E-state index contributed by atoms with van der Waals surface area (Å²) in [5.41, 5.74) is 4.71. The van der Waals surface area contributed by atoms with Gasteiger partial charge in [0.2, 0.25) is 5.91 Å². The molecule has 0 fully saturated rings. The number of aromatic nitrogens is 1. The van der Waals surface area contributed by atoms with Crippen molar-refractivity contribution in [2.45, 2.75) is 33.2 Å². The van der Waals surface area contributed by atoms with Crippen molar-refractivity contribution in [1.29, 1.82) is 0 Å². The average molecular weight is 369 g/mol. The molecule has 0 unspecified atom stereocenters. The second kappa shape index (κ2) is 8.43. The molecule has 3 rings (SSSR count). The molecule has 0 spiro atoms. The molecule has 0 aliphatic heterocycles. The van der Waals surface area contributed by atoms with Crippen molar-refractivity contribution < 1.29 is 9.53 Å². The molecule has 1 amide bonds. The van der Waals surface area contributed by atoms with E-state index in [1.165, 1.54) is 15.8 Å². The van der Waals surface area contributed by atoms with Crippen molar-refractivity contribution in [2.24, 2.45) is 4.99 Å². The smallest absolute Gasteiger partial charge is 0.248 e. The fourth-order valence-corrected chi connectivity index (χ4v) is 4.18. The highest BCUT2D eigenvalue weighted by Gasteiger charge is 2.10. The van der Waals surface area contributed by atoms with Gasteiger partial charge in [-0.25, -0.2) is 0 Å². The van der Waals surface area contributed by atoms with Gasteiger partial charge < -0.3 is 9.30 Å². The van der Waals surface area contributed by atoms with Gasteiger partial charge in [0.25, 0.3) is 0 Å². The Bertz CT molecular complexity index is 971. The predicted molar refractivity (Wildman–Crippen MR) is 106 cm³/mol. The topological polar surface area (TPSA) is 43.6 Å². The zero-order chi connectivity index (χ0) is 18.5. The van der Waals surface area contributed by atoms with E-state index < -0.39 is 0 Å². The summed E-state index contributed by atoms with van der Waals surface area (Å²) >= 11 is 1.58. The van der Waals surface area contributed by atoms with Gasteiger partial charge in [-0.1, -0.05) is 47.7 Å². The number of benzene rings is 2. The Hall–Kier alpha value is -2.24. The second-order valence-electron chi connectivity index (χ2n) is 6.45. The number of nitrogens with zero attached hydrogens (tertiary/aromatic N) is 2. The van der Waals surface area contributed by atoms with Crippen LogP contribution in [0.4, 0.5) is 0 Å². The van der Waals surface area contributed by atoms with E-state index in [9.17, 15) is 4.79 Å². The molecule has 2 aromatic carbocycles. The first-order chi connectivity index (χ1) is 12.6. The zero-order valence-electron chi connectivity index (χ0n) is 15.5. The van der Waals surface area contributed by atoms with E-state index in [0.29, 0.717) is 26.0 Å². The van der Waals surface area contributed by atoms with Gasteiger partial charge in [0.05, 0.1) is 16.8 Å². The van der Waals surface area contributed by atoms with E-state index in [4.69, 9.17) is 4.74 Å². The van der Waals surface area contributed by atoms with Crippen LogP contribution in [-0.2, 0) is 22.5 Å². The van der Waals surface area contributed by atoms with Crippen LogP contribution in [0.1, 0.15) is 23.1 Å². The third kappa shape index (κ3) is 4.29. The van der Waals surface area contributed by atoms with Gasteiger partial charge in [0.15, 0.2) is 4.80 Å². The number of hydrogen-bond donors (Lipinski definition) is 0. The van der Waals surface area contributed by atoms with Crippen LogP contribution in [0, 0.1) is 13.8 Å². The van der Waals surface area contributed by atoms with Crippen molar-refractivity contribution in [3.8, 4) is 0 Å². The van der Waals surface area contributed by atoms with E-state index in [2.05, 4.69) is 35.5 Å². The van der Waals surface area contributed by atoms with E-state index >= 15 is 0 Å². The summed E-state index contributed by atoms with van der Waals surface area (Å²) in [5, 5.41) is 0. The number of rotatable bonds is 6. The normalized spacial score (nSPS) is 12.0. The maximum Gasteiger partial charge on any atom is 0.248 e. The van der Waals surface area contributed by atoms with Crippen LogP contribution in [0.3, 0.4) is 0 Å². The van der Waals surface area contributed by atoms with Gasteiger partial charge >= 0.3 is 0 Å².